The van der Waals surface area contributed by atoms with E-state index in [2.05, 4.69) is 99.0 Å². The number of rotatable bonds is 45. The minimum Gasteiger partial charge on any atom is -0.462 e. The molecule has 0 heterocycles. The van der Waals surface area contributed by atoms with Gasteiger partial charge in [0.1, 0.15) is 6.10 Å². The van der Waals surface area contributed by atoms with Gasteiger partial charge in [-0.05, 0) is 70.6 Å². The van der Waals surface area contributed by atoms with E-state index in [-0.39, 0.29) is 24.9 Å². The van der Waals surface area contributed by atoms with Gasteiger partial charge < -0.3 is 20.3 Å². The molecule has 0 aliphatic carbocycles. The van der Waals surface area contributed by atoms with E-state index in [4.69, 9.17) is 4.74 Å². The van der Waals surface area contributed by atoms with Crippen molar-refractivity contribution in [1.29, 1.82) is 0 Å². The Bertz CT molecular complexity index is 1260. The van der Waals surface area contributed by atoms with Crippen molar-refractivity contribution in [3.05, 3.63) is 97.2 Å². The molecule has 3 atom stereocenters. The molecule has 0 saturated heterocycles. The molecule has 0 fully saturated rings. The summed E-state index contributed by atoms with van der Waals surface area (Å²) in [5, 5.41) is 23.8. The second-order valence-corrected chi connectivity index (χ2v) is 17.4. The molecule has 3 unspecified atom stereocenters. The first-order chi connectivity index (χ1) is 31.0. The van der Waals surface area contributed by atoms with Crippen LogP contribution in [0.5, 0.6) is 0 Å². The summed E-state index contributed by atoms with van der Waals surface area (Å²) in [6.07, 6.45) is 66.0. The summed E-state index contributed by atoms with van der Waals surface area (Å²) in [6.45, 7) is 6.28. The van der Waals surface area contributed by atoms with Crippen molar-refractivity contribution in [3.63, 3.8) is 0 Å². The largest absolute Gasteiger partial charge is 0.462 e. The van der Waals surface area contributed by atoms with Crippen molar-refractivity contribution < 1.29 is 24.5 Å². The van der Waals surface area contributed by atoms with Crippen LogP contribution in [0.15, 0.2) is 97.2 Å². The molecule has 1 amide bonds. The first-order valence-corrected chi connectivity index (χ1v) is 26.1. The van der Waals surface area contributed by atoms with Crippen LogP contribution < -0.4 is 5.32 Å². The van der Waals surface area contributed by atoms with Gasteiger partial charge in [-0.3, -0.25) is 9.59 Å². The average molecular weight is 876 g/mol. The van der Waals surface area contributed by atoms with Gasteiger partial charge in [0.2, 0.25) is 5.91 Å². The van der Waals surface area contributed by atoms with Crippen LogP contribution in [0.1, 0.15) is 226 Å². The van der Waals surface area contributed by atoms with Gasteiger partial charge >= 0.3 is 5.97 Å². The zero-order valence-electron chi connectivity index (χ0n) is 40.9. The summed E-state index contributed by atoms with van der Waals surface area (Å²) in [7, 11) is 0. The van der Waals surface area contributed by atoms with Crippen LogP contribution in [0, 0.1) is 0 Å². The molecule has 0 aromatic carbocycles. The van der Waals surface area contributed by atoms with E-state index in [9.17, 15) is 19.8 Å². The molecule has 0 aliphatic rings. The summed E-state index contributed by atoms with van der Waals surface area (Å²) >= 11 is 0. The maximum atomic E-state index is 13.2. The summed E-state index contributed by atoms with van der Waals surface area (Å²) in [5.41, 5.74) is 0. The number of aliphatic hydroxyl groups excluding tert-OH is 2. The van der Waals surface area contributed by atoms with Crippen LogP contribution in [0.4, 0.5) is 0 Å². The Hall–Kier alpha value is -3.22. The molecule has 63 heavy (non-hydrogen) atoms. The number of hydrogen-bond acceptors (Lipinski definition) is 5. The van der Waals surface area contributed by atoms with Gasteiger partial charge in [0.15, 0.2) is 0 Å². The lowest BCUT2D eigenvalue weighted by molar-refractivity contribution is -0.151. The molecule has 0 aliphatic heterocycles. The third-order valence-corrected chi connectivity index (χ3v) is 11.3. The van der Waals surface area contributed by atoms with E-state index in [0.29, 0.717) is 19.3 Å². The molecular formula is C57H97NO5. The molecule has 360 valence electrons. The Kier molecular flexibility index (Phi) is 47.2. The molecule has 0 spiro atoms. The highest BCUT2D eigenvalue weighted by molar-refractivity contribution is 5.77. The number of aliphatic hydroxyl groups is 2. The lowest BCUT2D eigenvalue weighted by atomic mass is 10.0. The maximum absolute atomic E-state index is 13.2. The topological polar surface area (TPSA) is 95.9 Å². The minimum atomic E-state index is -0.808. The Morgan fingerprint density at radius 1 is 0.476 bits per heavy atom. The summed E-state index contributed by atoms with van der Waals surface area (Å²) in [4.78, 5) is 26.2. The number of allylic oxidation sites excluding steroid dienone is 16. The van der Waals surface area contributed by atoms with Gasteiger partial charge in [-0.2, -0.15) is 0 Å². The van der Waals surface area contributed by atoms with Gasteiger partial charge in [-0.1, -0.05) is 240 Å². The van der Waals surface area contributed by atoms with Crippen LogP contribution in [-0.4, -0.2) is 46.9 Å². The molecule has 0 bridgehead atoms. The Balaban J connectivity index is 4.69. The number of amides is 1. The molecular weight excluding hydrogens is 779 g/mol. The monoisotopic (exact) mass is 876 g/mol. The molecule has 0 aromatic heterocycles. The van der Waals surface area contributed by atoms with Gasteiger partial charge in [0, 0.05) is 6.42 Å². The highest BCUT2D eigenvalue weighted by Crippen LogP contribution is 2.17. The lowest BCUT2D eigenvalue weighted by Gasteiger charge is -2.24. The lowest BCUT2D eigenvalue weighted by Crippen LogP contribution is -2.46. The summed E-state index contributed by atoms with van der Waals surface area (Å²) in [5.74, 6) is -0.546. The number of unbranched alkanes of at least 4 members (excludes halogenated alkanes) is 23. The number of hydrogen-bond donors (Lipinski definition) is 3. The second kappa shape index (κ2) is 49.8. The predicted octanol–water partition coefficient (Wildman–Crippen LogP) is 15.7. The first kappa shape index (κ1) is 59.8. The fraction of sp³-hybridized carbons (Fsp3) is 0.684. The SMILES string of the molecule is CC/C=C/C=C/C=C/C=C\CCCCCC(CC(=O)NC(CO)C(O)CCCCCCCCCCCCCCC)OC(=O)CCCCCCC/C=C/C=C/C=C/C=C/CCCCC. The molecule has 6 heteroatoms. The van der Waals surface area contributed by atoms with Crippen LogP contribution in [0.2, 0.25) is 0 Å². The van der Waals surface area contributed by atoms with E-state index < -0.39 is 18.2 Å². The highest BCUT2D eigenvalue weighted by Gasteiger charge is 2.24. The van der Waals surface area contributed by atoms with E-state index in [0.717, 1.165) is 96.3 Å². The Labute approximate surface area is 388 Å². The maximum Gasteiger partial charge on any atom is 0.306 e. The number of carbonyl (C=O) groups excluding carboxylic acids is 2. The summed E-state index contributed by atoms with van der Waals surface area (Å²) < 4.78 is 5.91. The van der Waals surface area contributed by atoms with Crippen molar-refractivity contribution >= 4 is 11.9 Å². The van der Waals surface area contributed by atoms with E-state index in [1.54, 1.807) is 0 Å². The smallest absolute Gasteiger partial charge is 0.306 e. The zero-order valence-corrected chi connectivity index (χ0v) is 40.9. The summed E-state index contributed by atoms with van der Waals surface area (Å²) in [6, 6.07) is -0.725. The third-order valence-electron chi connectivity index (χ3n) is 11.3. The molecule has 0 radical (unpaired) electrons. The minimum absolute atomic E-state index is 0.0362. The fourth-order valence-corrected chi connectivity index (χ4v) is 7.39. The van der Waals surface area contributed by atoms with Crippen molar-refractivity contribution in [1.82, 2.24) is 5.32 Å². The van der Waals surface area contributed by atoms with Crippen molar-refractivity contribution in [2.24, 2.45) is 0 Å². The standard InChI is InChI=1S/C57H97NO5/c1-4-7-10-13-16-19-22-25-26-27-28-29-32-35-38-41-44-47-50-57(62)63-53(48-45-42-39-36-33-30-23-20-17-14-11-8-5-2)51-56(61)58-54(52-59)55(60)49-46-43-40-37-34-31-24-21-18-15-12-9-6-3/h8,11,14,16-17,19-20,22-23,25-30,33,53-55,59-60H,4-7,9-10,12-13,15,18,21,24,31-32,34-52H2,1-3H3,(H,58,61)/b11-8+,17-14+,19-16+,23-20+,25-22+,27-26+,29-28+,33-30-. The molecule has 0 saturated carbocycles. The molecule has 3 N–H and O–H groups in total. The van der Waals surface area contributed by atoms with E-state index in [1.165, 1.54) is 83.5 Å². The first-order valence-electron chi connectivity index (χ1n) is 26.1. The Morgan fingerprint density at radius 3 is 1.35 bits per heavy atom. The number of carbonyl (C=O) groups is 2. The van der Waals surface area contributed by atoms with Gasteiger partial charge in [0.05, 0.1) is 25.2 Å². The van der Waals surface area contributed by atoms with Gasteiger partial charge in [-0.15, -0.1) is 0 Å². The Morgan fingerprint density at radius 2 is 0.857 bits per heavy atom. The number of esters is 1. The van der Waals surface area contributed by atoms with Crippen molar-refractivity contribution in [3.8, 4) is 0 Å². The number of nitrogens with one attached hydrogen (secondary N) is 1. The quantitative estimate of drug-likeness (QED) is 0.0322. The van der Waals surface area contributed by atoms with Crippen LogP contribution >= 0.6 is 0 Å². The van der Waals surface area contributed by atoms with Crippen LogP contribution in [0.25, 0.3) is 0 Å². The number of ether oxygens (including phenoxy) is 1. The van der Waals surface area contributed by atoms with Crippen LogP contribution in [-0.2, 0) is 14.3 Å². The highest BCUT2D eigenvalue weighted by atomic mass is 16.5. The van der Waals surface area contributed by atoms with Crippen LogP contribution in [0.3, 0.4) is 0 Å². The van der Waals surface area contributed by atoms with Gasteiger partial charge in [-0.25, -0.2) is 0 Å². The molecule has 0 rings (SSSR count). The molecule has 6 nitrogen and oxygen atoms in total. The van der Waals surface area contributed by atoms with E-state index in [1.807, 2.05) is 24.3 Å². The zero-order chi connectivity index (χ0) is 45.9. The normalized spacial score (nSPS) is 14.0. The van der Waals surface area contributed by atoms with Crippen molar-refractivity contribution in [2.45, 2.75) is 244 Å². The molecule has 0 aromatic rings. The second-order valence-electron chi connectivity index (χ2n) is 17.4. The van der Waals surface area contributed by atoms with Gasteiger partial charge in [0.25, 0.3) is 0 Å². The predicted molar refractivity (Wildman–Crippen MR) is 273 cm³/mol. The van der Waals surface area contributed by atoms with E-state index >= 15 is 0 Å². The fourth-order valence-electron chi connectivity index (χ4n) is 7.39. The third kappa shape index (κ3) is 45.2. The van der Waals surface area contributed by atoms with Crippen molar-refractivity contribution in [2.75, 3.05) is 6.61 Å². The average Bonchev–Trinajstić information content (AvgIpc) is 3.28.